The molecule has 0 saturated carbocycles. The van der Waals surface area contributed by atoms with Crippen LogP contribution in [0.15, 0.2) is 17.2 Å². The lowest BCUT2D eigenvalue weighted by molar-refractivity contribution is -0.143. The molecule has 132 valence electrons. The molecule has 0 aliphatic carbocycles. The first-order valence-electron chi connectivity index (χ1n) is 6.47. The van der Waals surface area contributed by atoms with Gasteiger partial charge in [-0.3, -0.25) is 9.40 Å². The van der Waals surface area contributed by atoms with Crippen LogP contribution in [0.25, 0.3) is 0 Å². The zero-order chi connectivity index (χ0) is 18.3. The molecule has 0 fully saturated rings. The Bertz CT molecular complexity index is 884. The van der Waals surface area contributed by atoms with Gasteiger partial charge >= 0.3 is 12.1 Å². The molecule has 0 aliphatic rings. The molecule has 0 unspecified atom stereocenters. The molecule has 2 N–H and O–H groups in total. The lowest BCUT2D eigenvalue weighted by Crippen LogP contribution is -2.19. The number of carbonyl (C=O) groups is 1. The molecule has 0 atom stereocenters. The Morgan fingerprint density at radius 3 is 2.54 bits per heavy atom. The van der Waals surface area contributed by atoms with E-state index in [4.69, 9.17) is 5.11 Å². The average Bonchev–Trinajstić information content (AvgIpc) is 3.01. The minimum absolute atomic E-state index is 0.1000. The topological polar surface area (TPSA) is 101 Å². The second kappa shape index (κ2) is 6.09. The first-order chi connectivity index (χ1) is 11.0. The van der Waals surface area contributed by atoms with Crippen LogP contribution in [0.5, 0.6) is 0 Å². The Morgan fingerprint density at radius 1 is 1.46 bits per heavy atom. The number of halogens is 3. The van der Waals surface area contributed by atoms with Gasteiger partial charge in [-0.1, -0.05) is 0 Å². The summed E-state index contributed by atoms with van der Waals surface area (Å²) in [4.78, 5) is 10.4. The molecular weight excluding hydrogens is 371 g/mol. The summed E-state index contributed by atoms with van der Waals surface area (Å²) in [7, 11) is -4.39. The van der Waals surface area contributed by atoms with E-state index in [9.17, 15) is 26.4 Å². The van der Waals surface area contributed by atoms with E-state index >= 15 is 0 Å². The fourth-order valence-corrected chi connectivity index (χ4v) is 4.52. The fraction of sp³-hybridized carbons (Fsp3) is 0.333. The van der Waals surface area contributed by atoms with Gasteiger partial charge in [-0.2, -0.15) is 18.3 Å². The normalized spacial score (nSPS) is 12.4. The lowest BCUT2D eigenvalue weighted by Gasteiger charge is -2.12. The molecule has 0 radical (unpaired) electrons. The van der Waals surface area contributed by atoms with Gasteiger partial charge in [0.25, 0.3) is 10.0 Å². The molecule has 7 nitrogen and oxygen atoms in total. The summed E-state index contributed by atoms with van der Waals surface area (Å²) in [5, 5.41) is 12.4. The van der Waals surface area contributed by atoms with Crippen molar-refractivity contribution in [1.29, 1.82) is 0 Å². The van der Waals surface area contributed by atoms with Crippen LogP contribution in [0.2, 0.25) is 0 Å². The summed E-state index contributed by atoms with van der Waals surface area (Å²) < 4.78 is 66.5. The van der Waals surface area contributed by atoms with Gasteiger partial charge in [-0.05, 0) is 19.9 Å². The highest BCUT2D eigenvalue weighted by molar-refractivity contribution is 7.93. The number of hydrogen-bond acceptors (Lipinski definition) is 5. The minimum Gasteiger partial charge on any atom is -0.477 e. The Kier molecular flexibility index (Phi) is 4.63. The number of rotatable bonds is 5. The van der Waals surface area contributed by atoms with Crippen LogP contribution in [-0.4, -0.2) is 29.3 Å². The third kappa shape index (κ3) is 3.38. The van der Waals surface area contributed by atoms with Crippen molar-refractivity contribution in [2.75, 3.05) is 4.72 Å². The number of aryl methyl sites for hydroxylation is 2. The number of carboxylic acids is 1. The van der Waals surface area contributed by atoms with Gasteiger partial charge in [0.2, 0.25) is 0 Å². The highest BCUT2D eigenvalue weighted by Gasteiger charge is 2.39. The van der Waals surface area contributed by atoms with Crippen molar-refractivity contribution in [1.82, 2.24) is 9.78 Å². The van der Waals surface area contributed by atoms with Crippen LogP contribution < -0.4 is 4.72 Å². The van der Waals surface area contributed by atoms with Gasteiger partial charge in [0.1, 0.15) is 9.77 Å². The van der Waals surface area contributed by atoms with Gasteiger partial charge in [0.15, 0.2) is 5.69 Å². The quantitative estimate of drug-likeness (QED) is 0.827. The van der Waals surface area contributed by atoms with E-state index in [0.29, 0.717) is 4.68 Å². The number of nitrogens with zero attached hydrogens (tertiary/aromatic N) is 2. The number of aromatic carboxylic acids is 1. The first-order valence-corrected chi connectivity index (χ1v) is 8.77. The summed E-state index contributed by atoms with van der Waals surface area (Å²) in [5.74, 6) is -1.32. The fourth-order valence-electron chi connectivity index (χ4n) is 2.04. The van der Waals surface area contributed by atoms with Crippen molar-refractivity contribution in [3.63, 3.8) is 0 Å². The molecule has 2 aromatic rings. The molecular formula is C12H12F3N3O4S2. The first kappa shape index (κ1) is 18.3. The van der Waals surface area contributed by atoms with Crippen molar-refractivity contribution >= 4 is 33.0 Å². The number of thiophene rings is 1. The van der Waals surface area contributed by atoms with Crippen molar-refractivity contribution in [2.24, 2.45) is 0 Å². The van der Waals surface area contributed by atoms with Gasteiger partial charge in [0.05, 0.1) is 11.9 Å². The Hall–Kier alpha value is -2.08. The van der Waals surface area contributed by atoms with Crippen molar-refractivity contribution < 1.29 is 31.5 Å². The maximum Gasteiger partial charge on any atom is 0.435 e. The van der Waals surface area contributed by atoms with Crippen LogP contribution in [0.3, 0.4) is 0 Å². The number of carboxylic acid groups (broad SMARTS) is 1. The van der Waals surface area contributed by atoms with Gasteiger partial charge in [-0.15, -0.1) is 11.3 Å². The van der Waals surface area contributed by atoms with E-state index in [1.54, 1.807) is 0 Å². The summed E-state index contributed by atoms with van der Waals surface area (Å²) in [6.45, 7) is 2.70. The lowest BCUT2D eigenvalue weighted by atomic mass is 10.3. The van der Waals surface area contributed by atoms with Gasteiger partial charge in [0, 0.05) is 11.4 Å². The van der Waals surface area contributed by atoms with Crippen LogP contribution in [-0.2, 0) is 22.7 Å². The van der Waals surface area contributed by atoms with Gasteiger partial charge < -0.3 is 5.11 Å². The molecule has 0 spiro atoms. The van der Waals surface area contributed by atoms with E-state index in [1.807, 2.05) is 4.72 Å². The molecule has 0 aliphatic heterocycles. The predicted octanol–water partition coefficient (Wildman–Crippen LogP) is 2.79. The number of sulfonamides is 1. The van der Waals surface area contributed by atoms with Crippen LogP contribution >= 0.6 is 11.3 Å². The Morgan fingerprint density at radius 2 is 2.08 bits per heavy atom. The predicted molar refractivity (Wildman–Crippen MR) is 79.7 cm³/mol. The number of hydrogen-bond donors (Lipinski definition) is 2. The van der Waals surface area contributed by atoms with Crippen LogP contribution in [0, 0.1) is 6.92 Å². The zero-order valence-electron chi connectivity index (χ0n) is 12.4. The van der Waals surface area contributed by atoms with Crippen molar-refractivity contribution in [3.8, 4) is 0 Å². The molecule has 0 bridgehead atoms. The summed E-state index contributed by atoms with van der Waals surface area (Å²) in [6.07, 6.45) is -4.04. The molecule has 0 saturated heterocycles. The van der Waals surface area contributed by atoms with Crippen molar-refractivity contribution in [2.45, 2.75) is 31.5 Å². The largest absolute Gasteiger partial charge is 0.477 e. The molecule has 24 heavy (non-hydrogen) atoms. The second-order valence-corrected chi connectivity index (χ2v) is 7.57. The number of nitrogens with one attached hydrogen (secondary N) is 1. The maximum absolute atomic E-state index is 13.1. The van der Waals surface area contributed by atoms with Crippen molar-refractivity contribution in [3.05, 3.63) is 27.7 Å². The molecule has 0 amide bonds. The Labute approximate surface area is 138 Å². The molecule has 2 heterocycles. The third-order valence-corrected chi connectivity index (χ3v) is 5.68. The molecule has 2 rings (SSSR count). The average molecular weight is 383 g/mol. The summed E-state index contributed by atoms with van der Waals surface area (Å²) in [5.41, 5.74) is -1.94. The molecule has 2 aromatic heterocycles. The smallest absolute Gasteiger partial charge is 0.435 e. The van der Waals surface area contributed by atoms with E-state index in [-0.39, 0.29) is 21.2 Å². The number of alkyl halides is 3. The summed E-state index contributed by atoms with van der Waals surface area (Å²) in [6, 6.07) is 0.905. The van der Waals surface area contributed by atoms with E-state index in [1.165, 1.54) is 13.8 Å². The monoisotopic (exact) mass is 383 g/mol. The SMILES string of the molecule is CCn1ncc(NS(=O)(=O)c2cc(C(=O)O)sc2C)c1C(F)(F)F. The number of aromatic nitrogens is 2. The van der Waals surface area contributed by atoms with Gasteiger partial charge in [-0.25, -0.2) is 13.2 Å². The highest BCUT2D eigenvalue weighted by atomic mass is 32.2. The standard InChI is InChI=1S/C12H12F3N3O4S2/c1-3-18-10(12(13,14)15)7(5-16-18)17-24(21,22)9-4-8(11(19)20)23-6(9)2/h4-5,17H,3H2,1-2H3,(H,19,20). The van der Waals surface area contributed by atoms with Crippen LogP contribution in [0.4, 0.5) is 18.9 Å². The summed E-state index contributed by atoms with van der Waals surface area (Å²) >= 11 is 0.718. The second-order valence-electron chi connectivity index (χ2n) is 4.66. The highest BCUT2D eigenvalue weighted by Crippen LogP contribution is 2.36. The molecule has 0 aromatic carbocycles. The minimum atomic E-state index is -4.81. The zero-order valence-corrected chi connectivity index (χ0v) is 14.0. The molecule has 12 heteroatoms. The van der Waals surface area contributed by atoms with E-state index < -0.39 is 33.6 Å². The Balaban J connectivity index is 2.48. The third-order valence-electron chi connectivity index (χ3n) is 3.02. The van der Waals surface area contributed by atoms with E-state index in [0.717, 1.165) is 23.6 Å². The number of anilines is 1. The maximum atomic E-state index is 13.1. The van der Waals surface area contributed by atoms with Crippen LogP contribution in [0.1, 0.15) is 27.2 Å². The van der Waals surface area contributed by atoms with E-state index in [2.05, 4.69) is 5.10 Å².